The molecule has 0 amide bonds. The smallest absolute Gasteiger partial charge is 0.191 e. The van der Waals surface area contributed by atoms with Gasteiger partial charge in [0.05, 0.1) is 12.2 Å². The lowest BCUT2D eigenvalue weighted by Crippen LogP contribution is -2.38. The van der Waals surface area contributed by atoms with Crippen LogP contribution in [0, 0.1) is 25.5 Å². The van der Waals surface area contributed by atoms with Crippen LogP contribution in [0.2, 0.25) is 0 Å². The Bertz CT molecular complexity index is 699. The molecule has 0 unspecified atom stereocenters. The van der Waals surface area contributed by atoms with Gasteiger partial charge < -0.3 is 10.6 Å². The summed E-state index contributed by atoms with van der Waals surface area (Å²) in [5, 5.41) is 7.23. The van der Waals surface area contributed by atoms with Crippen LogP contribution in [-0.4, -0.2) is 24.0 Å². The van der Waals surface area contributed by atoms with Crippen molar-refractivity contribution in [3.63, 3.8) is 0 Å². The molecule has 0 aliphatic rings. The summed E-state index contributed by atoms with van der Waals surface area (Å²) in [4.78, 5) is 10.1. The number of hydrogen-bond acceptors (Lipinski definition) is 3. The average molecular weight is 480 g/mol. The lowest BCUT2D eigenvalue weighted by molar-refractivity contribution is 0.583. The average Bonchev–Trinajstić information content (AvgIpc) is 2.86. The monoisotopic (exact) mass is 480 g/mol. The molecule has 0 spiro atoms. The molecular formula is C17H23F2IN4S. The SMILES string of the molecule is CCNC(=NCc1nc(C)c(C)s1)NCCc1cc(F)ccc1F.I. The van der Waals surface area contributed by atoms with E-state index in [1.807, 2.05) is 20.8 Å². The fraction of sp³-hybridized carbons (Fsp3) is 0.412. The molecule has 25 heavy (non-hydrogen) atoms. The lowest BCUT2D eigenvalue weighted by Gasteiger charge is -2.11. The Hall–Kier alpha value is -1.29. The van der Waals surface area contributed by atoms with Crippen LogP contribution in [0.15, 0.2) is 23.2 Å². The largest absolute Gasteiger partial charge is 0.357 e. The van der Waals surface area contributed by atoms with Gasteiger partial charge >= 0.3 is 0 Å². The highest BCUT2D eigenvalue weighted by Crippen LogP contribution is 2.17. The van der Waals surface area contributed by atoms with Crippen molar-refractivity contribution in [1.82, 2.24) is 15.6 Å². The third-order valence-electron chi connectivity index (χ3n) is 3.48. The van der Waals surface area contributed by atoms with E-state index in [1.165, 1.54) is 10.9 Å². The number of benzene rings is 1. The normalized spacial score (nSPS) is 11.2. The third-order valence-corrected chi connectivity index (χ3v) is 4.54. The molecule has 0 saturated carbocycles. The minimum atomic E-state index is -0.429. The Kier molecular flexibility index (Phi) is 9.26. The molecule has 1 aromatic carbocycles. The van der Waals surface area contributed by atoms with E-state index in [1.54, 1.807) is 11.3 Å². The molecule has 138 valence electrons. The van der Waals surface area contributed by atoms with E-state index < -0.39 is 11.6 Å². The Morgan fingerprint density at radius 1 is 1.24 bits per heavy atom. The number of aliphatic imine (C=N–C) groups is 1. The minimum absolute atomic E-state index is 0. The molecule has 2 aromatic rings. The van der Waals surface area contributed by atoms with Gasteiger partial charge in [-0.1, -0.05) is 0 Å². The van der Waals surface area contributed by atoms with E-state index in [0.717, 1.165) is 29.4 Å². The summed E-state index contributed by atoms with van der Waals surface area (Å²) in [6.07, 6.45) is 0.378. The maximum absolute atomic E-state index is 13.6. The number of nitrogens with zero attached hydrogens (tertiary/aromatic N) is 2. The van der Waals surface area contributed by atoms with Crippen molar-refractivity contribution >= 4 is 41.3 Å². The van der Waals surface area contributed by atoms with Crippen LogP contribution in [0.3, 0.4) is 0 Å². The third kappa shape index (κ3) is 6.85. The predicted molar refractivity (Wildman–Crippen MR) is 110 cm³/mol. The summed E-state index contributed by atoms with van der Waals surface area (Å²) in [5.41, 5.74) is 1.38. The van der Waals surface area contributed by atoms with Crippen LogP contribution < -0.4 is 10.6 Å². The number of aromatic nitrogens is 1. The second kappa shape index (κ2) is 10.6. The second-order valence-corrected chi connectivity index (χ2v) is 6.64. The van der Waals surface area contributed by atoms with Gasteiger partial charge in [-0.05, 0) is 51.0 Å². The van der Waals surface area contributed by atoms with Gasteiger partial charge in [0.25, 0.3) is 0 Å². The first-order valence-electron chi connectivity index (χ1n) is 7.88. The first-order chi connectivity index (χ1) is 11.5. The molecule has 2 N–H and O–H groups in total. The zero-order valence-corrected chi connectivity index (χ0v) is 17.7. The minimum Gasteiger partial charge on any atom is -0.357 e. The highest BCUT2D eigenvalue weighted by atomic mass is 127. The van der Waals surface area contributed by atoms with Crippen molar-refractivity contribution in [3.8, 4) is 0 Å². The summed E-state index contributed by atoms with van der Waals surface area (Å²) in [7, 11) is 0. The van der Waals surface area contributed by atoms with Crippen molar-refractivity contribution < 1.29 is 8.78 Å². The van der Waals surface area contributed by atoms with Gasteiger partial charge in [0.15, 0.2) is 5.96 Å². The molecule has 0 saturated heterocycles. The van der Waals surface area contributed by atoms with Gasteiger partial charge in [0.1, 0.15) is 16.6 Å². The molecule has 2 rings (SSSR count). The fourth-order valence-corrected chi connectivity index (χ4v) is 3.00. The summed E-state index contributed by atoms with van der Waals surface area (Å²) >= 11 is 1.63. The number of aryl methyl sites for hydroxylation is 2. The highest BCUT2D eigenvalue weighted by Gasteiger charge is 2.06. The topological polar surface area (TPSA) is 49.3 Å². The number of hydrogen-bond donors (Lipinski definition) is 2. The number of thiazole rings is 1. The van der Waals surface area contributed by atoms with Crippen molar-refractivity contribution in [2.75, 3.05) is 13.1 Å². The highest BCUT2D eigenvalue weighted by molar-refractivity contribution is 14.0. The first-order valence-corrected chi connectivity index (χ1v) is 8.70. The second-order valence-electron chi connectivity index (χ2n) is 5.36. The summed E-state index contributed by atoms with van der Waals surface area (Å²) < 4.78 is 26.8. The van der Waals surface area contributed by atoms with Crippen LogP contribution in [-0.2, 0) is 13.0 Å². The number of guanidine groups is 1. The summed E-state index contributed by atoms with van der Waals surface area (Å²) in [6, 6.07) is 3.50. The van der Waals surface area contributed by atoms with E-state index in [0.29, 0.717) is 31.0 Å². The molecule has 0 aliphatic heterocycles. The first kappa shape index (κ1) is 21.8. The quantitative estimate of drug-likeness (QED) is 0.374. The van der Waals surface area contributed by atoms with Gasteiger partial charge in [-0.2, -0.15) is 0 Å². The fourth-order valence-electron chi connectivity index (χ4n) is 2.15. The van der Waals surface area contributed by atoms with Crippen LogP contribution in [0.1, 0.15) is 28.1 Å². The lowest BCUT2D eigenvalue weighted by atomic mass is 10.1. The van der Waals surface area contributed by atoms with Crippen LogP contribution in [0.5, 0.6) is 0 Å². The summed E-state index contributed by atoms with van der Waals surface area (Å²) in [6.45, 7) is 7.66. The zero-order valence-electron chi connectivity index (χ0n) is 14.5. The molecule has 0 aliphatic carbocycles. The van der Waals surface area contributed by atoms with Crippen molar-refractivity contribution in [1.29, 1.82) is 0 Å². The van der Waals surface area contributed by atoms with E-state index >= 15 is 0 Å². The Morgan fingerprint density at radius 2 is 2.00 bits per heavy atom. The van der Waals surface area contributed by atoms with Gasteiger partial charge in [0.2, 0.25) is 0 Å². The zero-order chi connectivity index (χ0) is 17.5. The molecule has 0 radical (unpaired) electrons. The van der Waals surface area contributed by atoms with Crippen LogP contribution in [0.25, 0.3) is 0 Å². The molecule has 0 atom stereocenters. The predicted octanol–water partition coefficient (Wildman–Crippen LogP) is 3.95. The van der Waals surface area contributed by atoms with Gasteiger partial charge in [-0.3, -0.25) is 0 Å². The Labute approximate surface area is 168 Å². The molecule has 0 bridgehead atoms. The van der Waals surface area contributed by atoms with E-state index in [9.17, 15) is 8.78 Å². The Balaban J connectivity index is 0.00000312. The molecule has 1 aromatic heterocycles. The summed E-state index contributed by atoms with van der Waals surface area (Å²) in [5.74, 6) is -0.185. The molecule has 1 heterocycles. The molecule has 0 fully saturated rings. The standard InChI is InChI=1S/C17H22F2N4S.HI/c1-4-20-17(22-10-16-23-11(2)12(3)24-16)21-8-7-13-9-14(18)5-6-15(13)19;/h5-6,9H,4,7-8,10H2,1-3H3,(H2,20,21,22);1H. The van der Waals surface area contributed by atoms with Crippen molar-refractivity contribution in [2.24, 2.45) is 4.99 Å². The van der Waals surface area contributed by atoms with Gasteiger partial charge in [-0.25, -0.2) is 18.8 Å². The molecular weight excluding hydrogens is 457 g/mol. The number of halogens is 3. The maximum Gasteiger partial charge on any atom is 0.191 e. The van der Waals surface area contributed by atoms with Crippen LogP contribution in [0.4, 0.5) is 8.78 Å². The number of rotatable bonds is 6. The van der Waals surface area contributed by atoms with E-state index in [4.69, 9.17) is 0 Å². The Morgan fingerprint density at radius 3 is 2.64 bits per heavy atom. The molecule has 8 heteroatoms. The number of nitrogens with one attached hydrogen (secondary N) is 2. The van der Waals surface area contributed by atoms with E-state index in [-0.39, 0.29) is 24.0 Å². The van der Waals surface area contributed by atoms with Crippen molar-refractivity contribution in [2.45, 2.75) is 33.7 Å². The van der Waals surface area contributed by atoms with Crippen molar-refractivity contribution in [3.05, 3.63) is 51.0 Å². The maximum atomic E-state index is 13.6. The van der Waals surface area contributed by atoms with Gasteiger partial charge in [-0.15, -0.1) is 35.3 Å². The van der Waals surface area contributed by atoms with Gasteiger partial charge in [0, 0.05) is 18.0 Å². The van der Waals surface area contributed by atoms with Crippen LogP contribution >= 0.6 is 35.3 Å². The van der Waals surface area contributed by atoms with E-state index in [2.05, 4.69) is 20.6 Å². The molecule has 4 nitrogen and oxygen atoms in total.